The minimum absolute atomic E-state index is 0.0250. The Kier molecular flexibility index (Phi) is 6.59. The number of amides is 1. The van der Waals surface area contributed by atoms with Gasteiger partial charge in [-0.25, -0.2) is 4.68 Å². The molecule has 1 aliphatic heterocycles. The lowest BCUT2D eigenvalue weighted by Gasteiger charge is -2.32. The number of aryl methyl sites for hydroxylation is 1. The van der Waals surface area contributed by atoms with Gasteiger partial charge in [-0.3, -0.25) is 4.79 Å². The van der Waals surface area contributed by atoms with Crippen LogP contribution in [0, 0.1) is 6.92 Å². The molecule has 0 aliphatic carbocycles. The van der Waals surface area contributed by atoms with Crippen molar-refractivity contribution in [3.05, 3.63) is 74.6 Å². The number of hydrogen-bond donors (Lipinski definition) is 1. The number of aromatic nitrogens is 4. The molecule has 1 amide bonds. The highest BCUT2D eigenvalue weighted by Gasteiger charge is 2.32. The van der Waals surface area contributed by atoms with Crippen molar-refractivity contribution in [3.63, 3.8) is 0 Å². The summed E-state index contributed by atoms with van der Waals surface area (Å²) in [6.45, 7) is 3.08. The van der Waals surface area contributed by atoms with Gasteiger partial charge in [-0.15, -0.1) is 5.10 Å². The van der Waals surface area contributed by atoms with Crippen LogP contribution in [-0.4, -0.2) is 43.9 Å². The van der Waals surface area contributed by atoms with Crippen molar-refractivity contribution in [2.75, 3.05) is 13.1 Å². The van der Waals surface area contributed by atoms with Crippen LogP contribution in [0.5, 0.6) is 0 Å². The molecule has 1 N–H and O–H groups in total. The maximum atomic E-state index is 13.3. The lowest BCUT2D eigenvalue weighted by molar-refractivity contribution is -0.137. The van der Waals surface area contributed by atoms with Gasteiger partial charge < -0.3 is 9.88 Å². The minimum Gasteiger partial charge on any atom is -0.358 e. The summed E-state index contributed by atoms with van der Waals surface area (Å²) in [4.78, 5) is 18.4. The molecule has 1 unspecified atom stereocenters. The van der Waals surface area contributed by atoms with Crippen molar-refractivity contribution in [3.8, 4) is 5.69 Å². The molecule has 0 spiro atoms. The molecule has 1 aliphatic rings. The summed E-state index contributed by atoms with van der Waals surface area (Å²) in [7, 11) is 0. The molecule has 1 fully saturated rings. The van der Waals surface area contributed by atoms with E-state index in [9.17, 15) is 18.0 Å². The zero-order chi connectivity index (χ0) is 25.6. The lowest BCUT2D eigenvalue weighted by atomic mass is 9.94. The van der Waals surface area contributed by atoms with Gasteiger partial charge in [0.15, 0.2) is 0 Å². The van der Waals surface area contributed by atoms with Gasteiger partial charge in [-0.2, -0.15) is 13.2 Å². The fraction of sp³-hybridized carbons (Fsp3) is 0.320. The van der Waals surface area contributed by atoms with E-state index in [2.05, 4.69) is 31.2 Å². The first kappa shape index (κ1) is 24.8. The molecular weight excluding hydrogens is 559 g/mol. The number of alkyl halides is 3. The van der Waals surface area contributed by atoms with E-state index in [1.807, 2.05) is 30.0 Å². The van der Waals surface area contributed by atoms with Gasteiger partial charge in [0.1, 0.15) is 0 Å². The Balaban J connectivity index is 1.33. The molecule has 2 aromatic carbocycles. The Morgan fingerprint density at radius 1 is 1.25 bits per heavy atom. The highest BCUT2D eigenvalue weighted by Crippen LogP contribution is 2.34. The molecule has 36 heavy (non-hydrogen) atoms. The molecule has 11 heteroatoms. The van der Waals surface area contributed by atoms with Gasteiger partial charge in [-0.05, 0) is 61.7 Å². The number of likely N-dealkylation sites (tertiary alicyclic amines) is 1. The summed E-state index contributed by atoms with van der Waals surface area (Å²) >= 11 is 9.66. The van der Waals surface area contributed by atoms with Crippen molar-refractivity contribution in [2.24, 2.45) is 0 Å². The summed E-state index contributed by atoms with van der Waals surface area (Å²) < 4.78 is 41.7. The first-order chi connectivity index (χ1) is 17.1. The Morgan fingerprint density at radius 2 is 2.06 bits per heavy atom. The number of aromatic amines is 1. The van der Waals surface area contributed by atoms with Crippen LogP contribution >= 0.6 is 27.5 Å². The van der Waals surface area contributed by atoms with Crippen LogP contribution in [0.4, 0.5) is 13.2 Å². The van der Waals surface area contributed by atoms with Crippen molar-refractivity contribution < 1.29 is 18.0 Å². The maximum Gasteiger partial charge on any atom is 0.416 e. The fourth-order valence-electron chi connectivity index (χ4n) is 4.74. The predicted octanol–water partition coefficient (Wildman–Crippen LogP) is 6.44. The average Bonchev–Trinajstić information content (AvgIpc) is 3.44. The van der Waals surface area contributed by atoms with Crippen LogP contribution in [0.1, 0.15) is 41.3 Å². The van der Waals surface area contributed by atoms with Gasteiger partial charge in [0.05, 0.1) is 34.6 Å². The van der Waals surface area contributed by atoms with Gasteiger partial charge in [0.2, 0.25) is 5.91 Å². The normalized spacial score (nSPS) is 16.6. The molecule has 0 bridgehead atoms. The Hall–Kier alpha value is -2.85. The van der Waals surface area contributed by atoms with Crippen molar-refractivity contribution in [1.82, 2.24) is 24.9 Å². The van der Waals surface area contributed by atoms with Gasteiger partial charge >= 0.3 is 6.18 Å². The molecule has 188 valence electrons. The van der Waals surface area contributed by atoms with Crippen molar-refractivity contribution in [1.29, 1.82) is 0 Å². The van der Waals surface area contributed by atoms with Gasteiger partial charge in [0, 0.05) is 40.1 Å². The second-order valence-electron chi connectivity index (χ2n) is 9.03. The Morgan fingerprint density at radius 3 is 2.83 bits per heavy atom. The van der Waals surface area contributed by atoms with Crippen LogP contribution in [-0.2, 0) is 17.4 Å². The molecule has 3 heterocycles. The van der Waals surface area contributed by atoms with E-state index < -0.39 is 11.7 Å². The van der Waals surface area contributed by atoms with Crippen LogP contribution < -0.4 is 0 Å². The third kappa shape index (κ3) is 4.88. The fourth-order valence-corrected chi connectivity index (χ4v) is 5.30. The quantitative estimate of drug-likeness (QED) is 0.302. The van der Waals surface area contributed by atoms with Crippen LogP contribution in [0.2, 0.25) is 5.02 Å². The average molecular weight is 581 g/mol. The SMILES string of the molecule is Cc1[nH]c2ccc(Br)cc2c1CC(=O)N1CCCC(c2cn(-c3cc(C(F)(F)F)ccc3Cl)nn2)C1. The lowest BCUT2D eigenvalue weighted by Crippen LogP contribution is -2.40. The molecule has 0 radical (unpaired) electrons. The summed E-state index contributed by atoms with van der Waals surface area (Å²) in [6, 6.07) is 9.04. The molecule has 2 aromatic heterocycles. The van der Waals surface area contributed by atoms with Crippen molar-refractivity contribution in [2.45, 2.75) is 38.3 Å². The zero-order valence-corrected chi connectivity index (χ0v) is 21.6. The summed E-state index contributed by atoms with van der Waals surface area (Å²) in [5.41, 5.74) is 2.84. The monoisotopic (exact) mass is 579 g/mol. The van der Waals surface area contributed by atoms with Crippen LogP contribution in [0.15, 0.2) is 47.1 Å². The molecule has 0 saturated carbocycles. The van der Waals surface area contributed by atoms with E-state index in [1.165, 1.54) is 10.7 Å². The number of nitrogens with one attached hydrogen (secondary N) is 1. The van der Waals surface area contributed by atoms with Gasteiger partial charge in [-0.1, -0.05) is 32.7 Å². The highest BCUT2D eigenvalue weighted by molar-refractivity contribution is 9.10. The Labute approximate surface area is 218 Å². The third-order valence-electron chi connectivity index (χ3n) is 6.63. The summed E-state index contributed by atoms with van der Waals surface area (Å²) in [5, 5.41) is 9.40. The number of fused-ring (bicyclic) bond motifs is 1. The molecule has 4 aromatic rings. The number of piperidine rings is 1. The summed E-state index contributed by atoms with van der Waals surface area (Å²) in [6.07, 6.45) is -1.01. The van der Waals surface area contributed by atoms with E-state index in [0.29, 0.717) is 18.8 Å². The number of nitrogens with zero attached hydrogens (tertiary/aromatic N) is 4. The minimum atomic E-state index is -4.49. The first-order valence-corrected chi connectivity index (χ1v) is 12.6. The zero-order valence-electron chi connectivity index (χ0n) is 19.2. The predicted molar refractivity (Wildman–Crippen MR) is 134 cm³/mol. The number of halogens is 5. The molecule has 1 saturated heterocycles. The van der Waals surface area contributed by atoms with E-state index in [-0.39, 0.29) is 29.0 Å². The number of H-pyrrole nitrogens is 1. The third-order valence-corrected chi connectivity index (χ3v) is 7.45. The van der Waals surface area contributed by atoms with Crippen molar-refractivity contribution >= 4 is 44.3 Å². The number of hydrogen-bond acceptors (Lipinski definition) is 3. The van der Waals surface area contributed by atoms with Crippen LogP contribution in [0.3, 0.4) is 0 Å². The summed E-state index contributed by atoms with van der Waals surface area (Å²) in [5.74, 6) is -0.0452. The first-order valence-electron chi connectivity index (χ1n) is 11.4. The second kappa shape index (κ2) is 9.55. The van der Waals surface area contributed by atoms with Gasteiger partial charge in [0.25, 0.3) is 0 Å². The van der Waals surface area contributed by atoms with E-state index in [1.54, 1.807) is 6.20 Å². The number of benzene rings is 2. The van der Waals surface area contributed by atoms with E-state index in [0.717, 1.165) is 51.6 Å². The maximum absolute atomic E-state index is 13.3. The number of carbonyl (C=O) groups is 1. The topological polar surface area (TPSA) is 66.8 Å². The van der Waals surface area contributed by atoms with E-state index in [4.69, 9.17) is 11.6 Å². The number of carbonyl (C=O) groups excluding carboxylic acids is 1. The molecular formula is C25H22BrClF3N5O. The highest BCUT2D eigenvalue weighted by atomic mass is 79.9. The molecule has 5 rings (SSSR count). The standard InChI is InChI=1S/C25H22BrClF3N5O/c1-14-18(19-10-17(26)5-7-21(19)31-14)11-24(36)34-8-2-3-15(12-34)22-13-35(33-32-22)23-9-16(25(28,29)30)4-6-20(23)27/h4-7,9-10,13,15,31H,2-3,8,11-12H2,1H3. The molecule has 1 atom stereocenters. The smallest absolute Gasteiger partial charge is 0.358 e. The second-order valence-corrected chi connectivity index (χ2v) is 10.3. The number of rotatable bonds is 4. The van der Waals surface area contributed by atoms with Crippen LogP contribution in [0.25, 0.3) is 16.6 Å². The largest absolute Gasteiger partial charge is 0.416 e. The van der Waals surface area contributed by atoms with E-state index >= 15 is 0 Å². The molecule has 6 nitrogen and oxygen atoms in total. The Bertz CT molecular complexity index is 1450.